The summed E-state index contributed by atoms with van der Waals surface area (Å²) in [6.07, 6.45) is 4.86. The minimum Gasteiger partial charge on any atom is -0.454 e. The highest BCUT2D eigenvalue weighted by Gasteiger charge is 2.33. The molecule has 1 saturated heterocycles. The van der Waals surface area contributed by atoms with Crippen LogP contribution in [0.2, 0.25) is 0 Å². The predicted molar refractivity (Wildman–Crippen MR) is 123 cm³/mol. The van der Waals surface area contributed by atoms with E-state index in [1.54, 1.807) is 0 Å². The molecule has 1 aromatic heterocycles. The zero-order chi connectivity index (χ0) is 22.0. The summed E-state index contributed by atoms with van der Waals surface area (Å²) in [5, 5.41) is 13.1. The van der Waals surface area contributed by atoms with Gasteiger partial charge >= 0.3 is 0 Å². The molecule has 0 amide bonds. The Kier molecular flexibility index (Phi) is 5.69. The molecule has 1 aliphatic carbocycles. The zero-order valence-corrected chi connectivity index (χ0v) is 18.8. The number of hydrogen-bond acceptors (Lipinski definition) is 7. The van der Waals surface area contributed by atoms with Crippen LogP contribution in [0.15, 0.2) is 48.5 Å². The van der Waals surface area contributed by atoms with Gasteiger partial charge in [-0.1, -0.05) is 49.2 Å². The molecule has 8 nitrogen and oxygen atoms in total. The van der Waals surface area contributed by atoms with Gasteiger partial charge in [0, 0.05) is 32.7 Å². The maximum Gasteiger partial charge on any atom is 0.231 e. The SMILES string of the molecule is c1ccc([C@@H](c2nnnn2C2CCCC2)N2CCN(Cc3ccc4c(c3)OCO4)CC2)cc1. The third-order valence-electron chi connectivity index (χ3n) is 7.16. The topological polar surface area (TPSA) is 68.5 Å². The maximum absolute atomic E-state index is 5.55. The highest BCUT2D eigenvalue weighted by atomic mass is 16.7. The van der Waals surface area contributed by atoms with Gasteiger partial charge < -0.3 is 9.47 Å². The van der Waals surface area contributed by atoms with Gasteiger partial charge in [0.2, 0.25) is 6.79 Å². The number of rotatable bonds is 6. The smallest absolute Gasteiger partial charge is 0.231 e. The number of tetrazole rings is 1. The highest BCUT2D eigenvalue weighted by Crippen LogP contribution is 2.35. The molecule has 2 aromatic carbocycles. The predicted octanol–water partition coefficient (Wildman–Crippen LogP) is 3.42. The van der Waals surface area contributed by atoms with E-state index in [1.807, 2.05) is 6.07 Å². The first-order valence-corrected chi connectivity index (χ1v) is 12.0. The molecule has 1 saturated carbocycles. The van der Waals surface area contributed by atoms with Crippen LogP contribution in [0.25, 0.3) is 0 Å². The Morgan fingerprint density at radius 3 is 2.52 bits per heavy atom. The monoisotopic (exact) mass is 446 g/mol. The van der Waals surface area contributed by atoms with E-state index in [2.05, 4.69) is 72.5 Å². The van der Waals surface area contributed by atoms with Crippen molar-refractivity contribution in [2.24, 2.45) is 0 Å². The summed E-state index contributed by atoms with van der Waals surface area (Å²) in [5.74, 6) is 2.68. The Hall–Kier alpha value is -2.97. The van der Waals surface area contributed by atoms with Crippen molar-refractivity contribution in [2.45, 2.75) is 44.3 Å². The molecule has 2 fully saturated rings. The minimum atomic E-state index is 0.0782. The number of benzene rings is 2. The van der Waals surface area contributed by atoms with E-state index >= 15 is 0 Å². The van der Waals surface area contributed by atoms with E-state index in [4.69, 9.17) is 9.47 Å². The molecule has 2 aliphatic heterocycles. The van der Waals surface area contributed by atoms with Gasteiger partial charge in [-0.3, -0.25) is 9.80 Å². The van der Waals surface area contributed by atoms with Crippen LogP contribution in [0.3, 0.4) is 0 Å². The molecule has 0 N–H and O–H groups in total. The summed E-state index contributed by atoms with van der Waals surface area (Å²) in [6, 6.07) is 17.5. The number of fused-ring (bicyclic) bond motifs is 1. The number of nitrogens with zero attached hydrogens (tertiary/aromatic N) is 6. The average molecular weight is 447 g/mol. The first-order chi connectivity index (χ1) is 16.3. The Labute approximate surface area is 194 Å². The molecule has 6 rings (SSSR count). The molecule has 0 spiro atoms. The normalized spacial score (nSPS) is 20.4. The molecule has 0 radical (unpaired) electrons. The van der Waals surface area contributed by atoms with Gasteiger partial charge in [0.15, 0.2) is 17.3 Å². The molecule has 8 heteroatoms. The molecule has 3 aliphatic rings. The van der Waals surface area contributed by atoms with E-state index in [1.165, 1.54) is 36.8 Å². The van der Waals surface area contributed by atoms with Crippen molar-refractivity contribution in [1.29, 1.82) is 0 Å². The van der Waals surface area contributed by atoms with E-state index in [0.717, 1.165) is 50.0 Å². The van der Waals surface area contributed by atoms with Gasteiger partial charge in [-0.25, -0.2) is 4.68 Å². The summed E-state index contributed by atoms with van der Waals surface area (Å²) < 4.78 is 13.1. The number of aromatic nitrogens is 4. The lowest BCUT2D eigenvalue weighted by molar-refractivity contribution is 0.0992. The quantitative estimate of drug-likeness (QED) is 0.575. The minimum absolute atomic E-state index is 0.0782. The van der Waals surface area contributed by atoms with E-state index in [-0.39, 0.29) is 6.04 Å². The molecular formula is C25H30N6O2. The van der Waals surface area contributed by atoms with Crippen molar-refractivity contribution >= 4 is 0 Å². The van der Waals surface area contributed by atoms with Gasteiger partial charge in [0.1, 0.15) is 0 Å². The van der Waals surface area contributed by atoms with Crippen molar-refractivity contribution < 1.29 is 9.47 Å². The maximum atomic E-state index is 5.55. The Balaban J connectivity index is 1.19. The van der Waals surface area contributed by atoms with Gasteiger partial charge in [-0.15, -0.1) is 5.10 Å². The van der Waals surface area contributed by atoms with Crippen LogP contribution >= 0.6 is 0 Å². The summed E-state index contributed by atoms with van der Waals surface area (Å²) in [4.78, 5) is 5.05. The van der Waals surface area contributed by atoms with Crippen LogP contribution < -0.4 is 9.47 Å². The lowest BCUT2D eigenvalue weighted by Crippen LogP contribution is -2.48. The van der Waals surface area contributed by atoms with Gasteiger partial charge in [0.25, 0.3) is 0 Å². The first-order valence-electron chi connectivity index (χ1n) is 12.0. The van der Waals surface area contributed by atoms with Crippen LogP contribution in [0, 0.1) is 0 Å². The van der Waals surface area contributed by atoms with Gasteiger partial charge in [0.05, 0.1) is 12.1 Å². The largest absolute Gasteiger partial charge is 0.454 e. The summed E-state index contributed by atoms with van der Waals surface area (Å²) in [7, 11) is 0. The number of hydrogen-bond donors (Lipinski definition) is 0. The fourth-order valence-corrected chi connectivity index (χ4v) is 5.43. The molecule has 172 valence electrons. The summed E-state index contributed by atoms with van der Waals surface area (Å²) >= 11 is 0. The van der Waals surface area contributed by atoms with Crippen molar-refractivity contribution in [3.05, 3.63) is 65.5 Å². The molecule has 1 atom stereocenters. The Bertz CT molecular complexity index is 1070. The van der Waals surface area contributed by atoms with Crippen molar-refractivity contribution in [2.75, 3.05) is 33.0 Å². The second-order valence-electron chi connectivity index (χ2n) is 9.23. The average Bonchev–Trinajstić information content (AvgIpc) is 3.63. The standard InChI is InChI=1S/C25H30N6O2/c1-2-6-20(7-3-1)24(25-26-27-28-31(25)21-8-4-5-9-21)30-14-12-29(13-15-30)17-19-10-11-22-23(16-19)33-18-32-22/h1-3,6-7,10-11,16,21,24H,4-5,8-9,12-15,17-18H2/t24-/m0/s1. The van der Waals surface area contributed by atoms with Crippen LogP contribution in [-0.4, -0.2) is 63.0 Å². The van der Waals surface area contributed by atoms with Crippen molar-refractivity contribution in [1.82, 2.24) is 30.0 Å². The van der Waals surface area contributed by atoms with Gasteiger partial charge in [-0.2, -0.15) is 0 Å². The molecule has 33 heavy (non-hydrogen) atoms. The van der Waals surface area contributed by atoms with Crippen LogP contribution in [-0.2, 0) is 6.54 Å². The Morgan fingerprint density at radius 1 is 0.909 bits per heavy atom. The summed E-state index contributed by atoms with van der Waals surface area (Å²) in [5.41, 5.74) is 2.52. The van der Waals surface area contributed by atoms with Crippen LogP contribution in [0.1, 0.15) is 54.7 Å². The van der Waals surface area contributed by atoms with Crippen molar-refractivity contribution in [3.8, 4) is 11.5 Å². The zero-order valence-electron chi connectivity index (χ0n) is 18.8. The molecule has 0 bridgehead atoms. The lowest BCUT2D eigenvalue weighted by atomic mass is 10.0. The van der Waals surface area contributed by atoms with E-state index in [0.29, 0.717) is 12.8 Å². The third kappa shape index (κ3) is 4.20. The second-order valence-corrected chi connectivity index (χ2v) is 9.23. The van der Waals surface area contributed by atoms with Crippen LogP contribution in [0.4, 0.5) is 0 Å². The first kappa shape index (κ1) is 20.6. The van der Waals surface area contributed by atoms with Crippen molar-refractivity contribution in [3.63, 3.8) is 0 Å². The Morgan fingerprint density at radius 2 is 1.70 bits per heavy atom. The molecular weight excluding hydrogens is 416 g/mol. The fourth-order valence-electron chi connectivity index (χ4n) is 5.43. The fraction of sp³-hybridized carbons (Fsp3) is 0.480. The van der Waals surface area contributed by atoms with Crippen LogP contribution in [0.5, 0.6) is 11.5 Å². The highest BCUT2D eigenvalue weighted by molar-refractivity contribution is 5.44. The molecule has 0 unspecified atom stereocenters. The number of ether oxygens (including phenoxy) is 2. The molecule has 3 aromatic rings. The summed E-state index contributed by atoms with van der Waals surface area (Å²) in [6.45, 7) is 5.19. The molecule has 3 heterocycles. The second kappa shape index (κ2) is 9.11. The number of piperazine rings is 1. The third-order valence-corrected chi connectivity index (χ3v) is 7.16. The van der Waals surface area contributed by atoms with E-state index < -0.39 is 0 Å². The van der Waals surface area contributed by atoms with Gasteiger partial charge in [-0.05, 0) is 46.5 Å². The lowest BCUT2D eigenvalue weighted by Gasteiger charge is -2.39. The van der Waals surface area contributed by atoms with E-state index in [9.17, 15) is 0 Å².